The van der Waals surface area contributed by atoms with Gasteiger partial charge in [-0.2, -0.15) is 0 Å². The Morgan fingerprint density at radius 2 is 2.47 bits per heavy atom. The molecule has 3 N–H and O–H groups in total. The molecule has 0 bridgehead atoms. The number of amides is 1. The number of aliphatic hydroxyl groups is 1. The predicted molar refractivity (Wildman–Crippen MR) is 51.6 cm³/mol. The van der Waals surface area contributed by atoms with Crippen LogP contribution in [-0.4, -0.2) is 24.2 Å². The maximum atomic E-state index is 10.5. The van der Waals surface area contributed by atoms with Crippen molar-refractivity contribution in [3.8, 4) is 11.5 Å². The molecule has 80 valence electrons. The summed E-state index contributed by atoms with van der Waals surface area (Å²) in [6, 6.07) is 5.01. The van der Waals surface area contributed by atoms with Gasteiger partial charge in [0.05, 0.1) is 0 Å². The number of fused-ring (bicyclic) bond motifs is 1. The number of carbonyl (C=O) groups excluding carboxylic acids is 1. The molecule has 1 atom stereocenters. The first-order valence-corrected chi connectivity index (χ1v) is 4.53. The van der Waals surface area contributed by atoms with E-state index >= 15 is 0 Å². The minimum absolute atomic E-state index is 0.165. The van der Waals surface area contributed by atoms with E-state index < -0.39 is 12.0 Å². The lowest BCUT2D eigenvalue weighted by Gasteiger charge is -2.05. The van der Waals surface area contributed by atoms with Gasteiger partial charge >= 0.3 is 0 Å². The first kappa shape index (κ1) is 9.79. The zero-order valence-electron chi connectivity index (χ0n) is 7.97. The van der Waals surface area contributed by atoms with Crippen molar-refractivity contribution in [1.82, 2.24) is 0 Å². The Kier molecular flexibility index (Phi) is 2.47. The molecule has 0 spiro atoms. The molecule has 1 amide bonds. The van der Waals surface area contributed by atoms with Crippen molar-refractivity contribution < 1.29 is 19.4 Å². The summed E-state index contributed by atoms with van der Waals surface area (Å²) in [5, 5.41) is 9.45. The number of nitrogens with two attached hydrogens (primary N) is 1. The third-order valence-corrected chi connectivity index (χ3v) is 2.12. The molecule has 0 saturated carbocycles. The molecular formula is C10H11NO4. The van der Waals surface area contributed by atoms with E-state index in [0.29, 0.717) is 11.5 Å². The molecule has 1 unspecified atom stereocenters. The van der Waals surface area contributed by atoms with Crippen molar-refractivity contribution in [2.45, 2.75) is 6.10 Å². The molecule has 5 heteroatoms. The molecule has 5 nitrogen and oxygen atoms in total. The third-order valence-electron chi connectivity index (χ3n) is 2.12. The molecule has 15 heavy (non-hydrogen) atoms. The predicted octanol–water partition coefficient (Wildman–Crippen LogP) is -0.0235. The fourth-order valence-corrected chi connectivity index (χ4v) is 1.42. The Labute approximate surface area is 86.4 Å². The molecule has 1 heterocycles. The van der Waals surface area contributed by atoms with Crippen LogP contribution in [0.25, 0.3) is 0 Å². The van der Waals surface area contributed by atoms with Crippen LogP contribution in [0.2, 0.25) is 0 Å². The first-order valence-electron chi connectivity index (χ1n) is 4.53. The summed E-state index contributed by atoms with van der Waals surface area (Å²) in [7, 11) is 0. The van der Waals surface area contributed by atoms with Crippen molar-refractivity contribution in [1.29, 1.82) is 0 Å². The quantitative estimate of drug-likeness (QED) is 0.732. The minimum Gasteiger partial charge on any atom is -0.490 e. The van der Waals surface area contributed by atoms with Gasteiger partial charge in [0.15, 0.2) is 6.61 Å². The number of primary amides is 1. The van der Waals surface area contributed by atoms with E-state index in [1.165, 1.54) is 0 Å². The lowest BCUT2D eigenvalue weighted by atomic mass is 10.1. The number of rotatable bonds is 3. The topological polar surface area (TPSA) is 81.8 Å². The van der Waals surface area contributed by atoms with E-state index in [2.05, 4.69) is 0 Å². The summed E-state index contributed by atoms with van der Waals surface area (Å²) in [6.45, 7) is 0.0932. The molecule has 2 rings (SSSR count). The van der Waals surface area contributed by atoms with E-state index in [9.17, 15) is 9.90 Å². The summed E-state index contributed by atoms with van der Waals surface area (Å²) in [5.41, 5.74) is 5.68. The molecule has 1 aliphatic heterocycles. The Morgan fingerprint density at radius 3 is 3.20 bits per heavy atom. The van der Waals surface area contributed by atoms with Crippen LogP contribution in [0.15, 0.2) is 18.2 Å². The number of carbonyl (C=O) groups is 1. The van der Waals surface area contributed by atoms with Gasteiger partial charge in [0, 0.05) is 11.6 Å². The lowest BCUT2D eigenvalue weighted by molar-refractivity contribution is -0.119. The third kappa shape index (κ3) is 2.02. The number of hydrogen-bond donors (Lipinski definition) is 2. The van der Waals surface area contributed by atoms with Gasteiger partial charge in [0.2, 0.25) is 0 Å². The highest BCUT2D eigenvalue weighted by atomic mass is 16.5. The van der Waals surface area contributed by atoms with E-state index in [-0.39, 0.29) is 13.2 Å². The van der Waals surface area contributed by atoms with Crippen LogP contribution in [0.5, 0.6) is 11.5 Å². The molecule has 1 aromatic rings. The largest absolute Gasteiger partial charge is 0.490 e. The molecular weight excluding hydrogens is 198 g/mol. The monoisotopic (exact) mass is 209 g/mol. The van der Waals surface area contributed by atoms with E-state index in [0.717, 1.165) is 5.56 Å². The summed E-state index contributed by atoms with van der Waals surface area (Å²) < 4.78 is 10.3. The Hall–Kier alpha value is -1.75. The molecule has 0 radical (unpaired) electrons. The van der Waals surface area contributed by atoms with Crippen LogP contribution in [-0.2, 0) is 4.79 Å². The Balaban J connectivity index is 2.12. The normalized spacial score (nSPS) is 18.1. The summed E-state index contributed by atoms with van der Waals surface area (Å²) in [6.07, 6.45) is -0.579. The van der Waals surface area contributed by atoms with Crippen LogP contribution in [0, 0.1) is 0 Å². The van der Waals surface area contributed by atoms with Gasteiger partial charge in [-0.3, -0.25) is 4.79 Å². The van der Waals surface area contributed by atoms with E-state index in [4.69, 9.17) is 15.2 Å². The minimum atomic E-state index is -0.579. The molecule has 1 aromatic carbocycles. The fourth-order valence-electron chi connectivity index (χ4n) is 1.42. The number of aliphatic hydroxyl groups excluding tert-OH is 1. The van der Waals surface area contributed by atoms with Gasteiger partial charge in [-0.15, -0.1) is 0 Å². The van der Waals surface area contributed by atoms with Gasteiger partial charge in [0.1, 0.15) is 24.2 Å². The van der Waals surface area contributed by atoms with Gasteiger partial charge < -0.3 is 20.3 Å². The highest BCUT2D eigenvalue weighted by Gasteiger charge is 2.21. The SMILES string of the molecule is NC(=O)COc1ccc2c(c1)OCC2O. The zero-order valence-corrected chi connectivity index (χ0v) is 7.97. The summed E-state index contributed by atoms with van der Waals surface area (Å²) in [4.78, 5) is 10.5. The molecule has 0 aromatic heterocycles. The van der Waals surface area contributed by atoms with Crippen LogP contribution in [0.3, 0.4) is 0 Å². The molecule has 0 saturated heterocycles. The maximum Gasteiger partial charge on any atom is 0.255 e. The average molecular weight is 209 g/mol. The first-order chi connectivity index (χ1) is 7.16. The zero-order chi connectivity index (χ0) is 10.8. The van der Waals surface area contributed by atoms with Crippen LogP contribution < -0.4 is 15.2 Å². The smallest absolute Gasteiger partial charge is 0.255 e. The second-order valence-electron chi connectivity index (χ2n) is 3.28. The second kappa shape index (κ2) is 3.78. The second-order valence-corrected chi connectivity index (χ2v) is 3.28. The highest BCUT2D eigenvalue weighted by molar-refractivity contribution is 5.75. The standard InChI is InChI=1S/C10H11NO4/c11-10(13)5-14-6-1-2-7-8(12)4-15-9(7)3-6/h1-3,8,12H,4-5H2,(H2,11,13). The van der Waals surface area contributed by atoms with E-state index in [1.807, 2.05) is 0 Å². The molecule has 0 aliphatic carbocycles. The number of benzene rings is 1. The van der Waals surface area contributed by atoms with Gasteiger partial charge in [-0.05, 0) is 12.1 Å². The van der Waals surface area contributed by atoms with Gasteiger partial charge in [-0.1, -0.05) is 0 Å². The Morgan fingerprint density at radius 1 is 1.67 bits per heavy atom. The van der Waals surface area contributed by atoms with Crippen molar-refractivity contribution in [2.75, 3.05) is 13.2 Å². The number of ether oxygens (including phenoxy) is 2. The van der Waals surface area contributed by atoms with Crippen molar-refractivity contribution in [3.63, 3.8) is 0 Å². The Bertz CT molecular complexity index is 391. The fraction of sp³-hybridized carbons (Fsp3) is 0.300. The van der Waals surface area contributed by atoms with Crippen molar-refractivity contribution in [3.05, 3.63) is 23.8 Å². The highest BCUT2D eigenvalue weighted by Crippen LogP contribution is 2.34. The number of hydrogen-bond acceptors (Lipinski definition) is 4. The van der Waals surface area contributed by atoms with Crippen LogP contribution >= 0.6 is 0 Å². The molecule has 0 fully saturated rings. The summed E-state index contributed by atoms with van der Waals surface area (Å²) in [5.74, 6) is 0.558. The van der Waals surface area contributed by atoms with Crippen LogP contribution in [0.4, 0.5) is 0 Å². The van der Waals surface area contributed by atoms with Crippen molar-refractivity contribution >= 4 is 5.91 Å². The maximum absolute atomic E-state index is 10.5. The summed E-state index contributed by atoms with van der Waals surface area (Å²) >= 11 is 0. The average Bonchev–Trinajstić information content (AvgIpc) is 2.57. The van der Waals surface area contributed by atoms with E-state index in [1.54, 1.807) is 18.2 Å². The molecule has 1 aliphatic rings. The van der Waals surface area contributed by atoms with Crippen LogP contribution in [0.1, 0.15) is 11.7 Å². The lowest BCUT2D eigenvalue weighted by Crippen LogP contribution is -2.19. The van der Waals surface area contributed by atoms with Gasteiger partial charge in [-0.25, -0.2) is 0 Å². The van der Waals surface area contributed by atoms with Crippen molar-refractivity contribution in [2.24, 2.45) is 5.73 Å². The van der Waals surface area contributed by atoms with Gasteiger partial charge in [0.25, 0.3) is 5.91 Å².